The Kier molecular flexibility index (Phi) is 4.32. The average molecular weight is 272 g/mol. The first-order valence-corrected chi connectivity index (χ1v) is 6.45. The average Bonchev–Trinajstić information content (AvgIpc) is 2.35. The lowest BCUT2D eigenvalue weighted by Crippen LogP contribution is -2.30. The van der Waals surface area contributed by atoms with Crippen LogP contribution in [0, 0.1) is 0 Å². The molecule has 4 nitrogen and oxygen atoms in total. The Morgan fingerprint density at radius 1 is 1.33 bits per heavy atom. The van der Waals surface area contributed by atoms with Gasteiger partial charge in [0, 0.05) is 6.04 Å². The number of aliphatic hydroxyl groups is 1. The van der Waals surface area contributed by atoms with Gasteiger partial charge in [0.1, 0.15) is 13.2 Å². The molecular formula is C13H18ClNO3. The Morgan fingerprint density at radius 2 is 2.06 bits per heavy atom. The fourth-order valence-corrected chi connectivity index (χ4v) is 2.26. The highest BCUT2D eigenvalue weighted by atomic mass is 35.5. The van der Waals surface area contributed by atoms with Crippen molar-refractivity contribution >= 4 is 11.6 Å². The van der Waals surface area contributed by atoms with E-state index in [4.69, 9.17) is 21.1 Å². The van der Waals surface area contributed by atoms with Crippen LogP contribution < -0.4 is 14.8 Å². The lowest BCUT2D eigenvalue weighted by molar-refractivity contribution is 0.171. The van der Waals surface area contributed by atoms with Crippen LogP contribution in [-0.2, 0) is 0 Å². The smallest absolute Gasteiger partial charge is 0.179 e. The first-order valence-electron chi connectivity index (χ1n) is 6.07. The molecule has 1 aliphatic rings. The molecule has 0 amide bonds. The maximum atomic E-state index is 9.45. The summed E-state index contributed by atoms with van der Waals surface area (Å²) in [6, 6.07) is 3.80. The molecule has 1 unspecified atom stereocenters. The summed E-state index contributed by atoms with van der Waals surface area (Å²) < 4.78 is 11.0. The van der Waals surface area contributed by atoms with Crippen LogP contribution in [0.2, 0.25) is 5.02 Å². The number of nitrogens with one attached hydrogen (secondary N) is 1. The summed E-state index contributed by atoms with van der Waals surface area (Å²) in [5.74, 6) is 1.24. The zero-order valence-electron chi connectivity index (χ0n) is 10.6. The lowest BCUT2D eigenvalue weighted by atomic mass is 10.1. The van der Waals surface area contributed by atoms with Crippen LogP contribution in [0.1, 0.15) is 25.5 Å². The van der Waals surface area contributed by atoms with Crippen molar-refractivity contribution in [2.75, 3.05) is 19.8 Å². The minimum Gasteiger partial charge on any atom is -0.486 e. The fraction of sp³-hybridized carbons (Fsp3) is 0.538. The molecule has 100 valence electrons. The van der Waals surface area contributed by atoms with Crippen molar-refractivity contribution in [2.24, 2.45) is 0 Å². The SMILES string of the molecule is CC(C)NC(CO)c1cc(Cl)c2c(c1)OCCO2. The second-order valence-corrected chi connectivity index (χ2v) is 4.99. The van der Waals surface area contributed by atoms with E-state index in [0.29, 0.717) is 29.7 Å². The van der Waals surface area contributed by atoms with Crippen LogP contribution in [0.25, 0.3) is 0 Å². The Labute approximate surface area is 112 Å². The van der Waals surface area contributed by atoms with Gasteiger partial charge in [0.2, 0.25) is 0 Å². The Balaban J connectivity index is 2.30. The van der Waals surface area contributed by atoms with Crippen LogP contribution >= 0.6 is 11.6 Å². The third kappa shape index (κ3) is 2.88. The van der Waals surface area contributed by atoms with Crippen molar-refractivity contribution in [1.82, 2.24) is 5.32 Å². The maximum Gasteiger partial charge on any atom is 0.179 e. The largest absolute Gasteiger partial charge is 0.486 e. The van der Waals surface area contributed by atoms with Gasteiger partial charge in [-0.2, -0.15) is 0 Å². The standard InChI is InChI=1S/C13H18ClNO3/c1-8(2)15-11(7-16)9-5-10(14)13-12(6-9)17-3-4-18-13/h5-6,8,11,15-16H,3-4,7H2,1-2H3. The van der Waals surface area contributed by atoms with Crippen LogP contribution in [0.15, 0.2) is 12.1 Å². The van der Waals surface area contributed by atoms with Crippen molar-refractivity contribution in [3.8, 4) is 11.5 Å². The number of hydrogen-bond donors (Lipinski definition) is 2. The predicted molar refractivity (Wildman–Crippen MR) is 70.5 cm³/mol. The minimum atomic E-state index is -0.154. The zero-order chi connectivity index (χ0) is 13.1. The summed E-state index contributed by atoms with van der Waals surface area (Å²) in [5.41, 5.74) is 0.903. The molecule has 1 aromatic carbocycles. The fourth-order valence-electron chi connectivity index (χ4n) is 1.99. The van der Waals surface area contributed by atoms with E-state index in [-0.39, 0.29) is 18.7 Å². The number of hydrogen-bond acceptors (Lipinski definition) is 4. The summed E-state index contributed by atoms with van der Waals surface area (Å²) in [6.07, 6.45) is 0. The summed E-state index contributed by atoms with van der Waals surface area (Å²) in [7, 11) is 0. The van der Waals surface area contributed by atoms with Crippen molar-refractivity contribution in [3.63, 3.8) is 0 Å². The van der Waals surface area contributed by atoms with E-state index >= 15 is 0 Å². The van der Waals surface area contributed by atoms with Crippen molar-refractivity contribution in [2.45, 2.75) is 25.9 Å². The van der Waals surface area contributed by atoms with Gasteiger partial charge in [-0.05, 0) is 17.7 Å². The van der Waals surface area contributed by atoms with E-state index in [1.807, 2.05) is 26.0 Å². The van der Waals surface area contributed by atoms with Crippen molar-refractivity contribution < 1.29 is 14.6 Å². The first-order chi connectivity index (χ1) is 8.61. The highest BCUT2D eigenvalue weighted by Gasteiger charge is 2.20. The van der Waals surface area contributed by atoms with E-state index < -0.39 is 0 Å². The first kappa shape index (κ1) is 13.5. The highest BCUT2D eigenvalue weighted by Crippen LogP contribution is 2.39. The van der Waals surface area contributed by atoms with Gasteiger partial charge in [-0.15, -0.1) is 0 Å². The molecule has 1 heterocycles. The summed E-state index contributed by atoms with van der Waals surface area (Å²) in [6.45, 7) is 5.10. The van der Waals surface area contributed by atoms with E-state index in [2.05, 4.69) is 5.32 Å². The molecule has 0 bridgehead atoms. The number of fused-ring (bicyclic) bond motifs is 1. The molecule has 1 aromatic rings. The molecule has 2 rings (SSSR count). The molecule has 1 atom stereocenters. The van der Waals surface area contributed by atoms with E-state index in [1.54, 1.807) is 0 Å². The topological polar surface area (TPSA) is 50.7 Å². The van der Waals surface area contributed by atoms with Gasteiger partial charge in [-0.1, -0.05) is 25.4 Å². The second kappa shape index (κ2) is 5.78. The summed E-state index contributed by atoms with van der Waals surface area (Å²) in [5, 5.41) is 13.2. The molecule has 0 fully saturated rings. The molecule has 0 spiro atoms. The third-order valence-electron chi connectivity index (χ3n) is 2.74. The normalized spacial score (nSPS) is 15.8. The van der Waals surface area contributed by atoms with Crippen LogP contribution in [-0.4, -0.2) is 31.0 Å². The van der Waals surface area contributed by atoms with Crippen molar-refractivity contribution in [1.29, 1.82) is 0 Å². The Hall–Kier alpha value is -0.970. The molecular weight excluding hydrogens is 254 g/mol. The van der Waals surface area contributed by atoms with Gasteiger partial charge < -0.3 is 19.9 Å². The number of aliphatic hydroxyl groups excluding tert-OH is 1. The van der Waals surface area contributed by atoms with Gasteiger partial charge in [-0.3, -0.25) is 0 Å². The molecule has 5 heteroatoms. The number of ether oxygens (including phenoxy) is 2. The van der Waals surface area contributed by atoms with Gasteiger partial charge in [-0.25, -0.2) is 0 Å². The van der Waals surface area contributed by atoms with Crippen molar-refractivity contribution in [3.05, 3.63) is 22.7 Å². The summed E-state index contributed by atoms with van der Waals surface area (Å²) in [4.78, 5) is 0. The number of benzene rings is 1. The minimum absolute atomic E-state index is 0.00809. The molecule has 1 aliphatic heterocycles. The molecule has 0 saturated carbocycles. The van der Waals surface area contributed by atoms with E-state index in [9.17, 15) is 5.11 Å². The molecule has 0 aliphatic carbocycles. The molecule has 2 N–H and O–H groups in total. The predicted octanol–water partition coefficient (Wildman–Crippen LogP) is 2.14. The zero-order valence-corrected chi connectivity index (χ0v) is 11.3. The van der Waals surface area contributed by atoms with Gasteiger partial charge in [0.15, 0.2) is 11.5 Å². The van der Waals surface area contributed by atoms with Crippen LogP contribution in [0.3, 0.4) is 0 Å². The van der Waals surface area contributed by atoms with Crippen LogP contribution in [0.5, 0.6) is 11.5 Å². The number of halogens is 1. The third-order valence-corrected chi connectivity index (χ3v) is 3.02. The van der Waals surface area contributed by atoms with Gasteiger partial charge >= 0.3 is 0 Å². The van der Waals surface area contributed by atoms with Gasteiger partial charge in [0.25, 0.3) is 0 Å². The number of rotatable bonds is 4. The maximum absolute atomic E-state index is 9.45. The quantitative estimate of drug-likeness (QED) is 0.881. The van der Waals surface area contributed by atoms with Crippen LogP contribution in [0.4, 0.5) is 0 Å². The molecule has 18 heavy (non-hydrogen) atoms. The second-order valence-electron chi connectivity index (χ2n) is 4.58. The van der Waals surface area contributed by atoms with E-state index in [1.165, 1.54) is 0 Å². The highest BCUT2D eigenvalue weighted by molar-refractivity contribution is 6.32. The molecule has 0 saturated heterocycles. The molecule has 0 radical (unpaired) electrons. The lowest BCUT2D eigenvalue weighted by Gasteiger charge is -2.24. The monoisotopic (exact) mass is 271 g/mol. The Bertz CT molecular complexity index is 423. The summed E-state index contributed by atoms with van der Waals surface area (Å²) >= 11 is 6.17. The Morgan fingerprint density at radius 3 is 2.72 bits per heavy atom. The molecule has 0 aromatic heterocycles. The van der Waals surface area contributed by atoms with E-state index in [0.717, 1.165) is 5.56 Å². The van der Waals surface area contributed by atoms with Gasteiger partial charge in [0.05, 0.1) is 17.7 Å².